The van der Waals surface area contributed by atoms with Crippen LogP contribution in [0.15, 0.2) is 83.8 Å². The summed E-state index contributed by atoms with van der Waals surface area (Å²) in [5.41, 5.74) is 0.437. The van der Waals surface area contributed by atoms with Crippen molar-refractivity contribution in [3.05, 3.63) is 78.9 Å². The second kappa shape index (κ2) is 10.1. The number of hydrogen-bond acceptors (Lipinski definition) is 5. The number of para-hydroxylation sites is 2. The topological polar surface area (TPSA) is 84.9 Å². The molecule has 0 bridgehead atoms. The van der Waals surface area contributed by atoms with E-state index in [0.29, 0.717) is 23.8 Å². The minimum absolute atomic E-state index is 0.129. The molecule has 3 aromatic rings. The molecule has 0 unspecified atom stereocenters. The van der Waals surface area contributed by atoms with Gasteiger partial charge in [-0.3, -0.25) is 4.79 Å². The minimum Gasteiger partial charge on any atom is -0.494 e. The summed E-state index contributed by atoms with van der Waals surface area (Å²) in [4.78, 5) is 12.7. The van der Waals surface area contributed by atoms with E-state index in [-0.39, 0.29) is 11.4 Å². The highest BCUT2D eigenvalue weighted by molar-refractivity contribution is 7.89. The summed E-state index contributed by atoms with van der Waals surface area (Å²) in [7, 11) is -2.40. The largest absolute Gasteiger partial charge is 0.494 e. The number of carbonyl (C=O) groups excluding carboxylic acids is 1. The van der Waals surface area contributed by atoms with Gasteiger partial charge in [-0.25, -0.2) is 8.42 Å². The molecule has 0 saturated heterocycles. The van der Waals surface area contributed by atoms with Gasteiger partial charge in [0.15, 0.2) is 5.75 Å². The Bertz CT molecular complexity index is 1120. The van der Waals surface area contributed by atoms with Gasteiger partial charge in [0, 0.05) is 7.05 Å². The van der Waals surface area contributed by atoms with Gasteiger partial charge in [0.25, 0.3) is 0 Å². The first-order chi connectivity index (χ1) is 14.9. The number of benzene rings is 3. The summed E-state index contributed by atoms with van der Waals surface area (Å²) < 4.78 is 37.5. The molecule has 0 radical (unpaired) electrons. The van der Waals surface area contributed by atoms with Crippen LogP contribution in [-0.4, -0.2) is 38.8 Å². The van der Waals surface area contributed by atoms with Gasteiger partial charge in [-0.2, -0.15) is 4.31 Å². The lowest BCUT2D eigenvalue weighted by Gasteiger charge is -2.18. The third-order valence-corrected chi connectivity index (χ3v) is 6.16. The van der Waals surface area contributed by atoms with Crippen LogP contribution < -0.4 is 14.8 Å². The Labute approximate surface area is 182 Å². The smallest absolute Gasteiger partial charge is 0.243 e. The highest BCUT2D eigenvalue weighted by atomic mass is 32.2. The molecule has 3 rings (SSSR count). The number of ether oxygens (including phenoxy) is 2. The summed E-state index contributed by atoms with van der Waals surface area (Å²) >= 11 is 0. The van der Waals surface area contributed by atoms with Crippen LogP contribution in [0.25, 0.3) is 0 Å². The third kappa shape index (κ3) is 5.84. The summed E-state index contributed by atoms with van der Waals surface area (Å²) in [5, 5.41) is 2.72. The van der Waals surface area contributed by atoms with Crippen LogP contribution in [0.4, 0.5) is 5.69 Å². The molecular weight excluding hydrogens is 416 g/mol. The molecule has 7 nitrogen and oxygen atoms in total. The molecule has 0 spiro atoms. The molecule has 8 heteroatoms. The van der Waals surface area contributed by atoms with Gasteiger partial charge < -0.3 is 14.8 Å². The third-order valence-electron chi connectivity index (χ3n) is 4.34. The highest BCUT2D eigenvalue weighted by Crippen LogP contribution is 2.30. The maximum Gasteiger partial charge on any atom is 0.243 e. The van der Waals surface area contributed by atoms with Crippen LogP contribution in [-0.2, 0) is 14.8 Å². The number of nitrogens with zero attached hydrogens (tertiary/aromatic N) is 1. The molecule has 1 amide bonds. The number of hydrogen-bond donors (Lipinski definition) is 1. The van der Waals surface area contributed by atoms with Crippen molar-refractivity contribution in [2.45, 2.75) is 11.8 Å². The van der Waals surface area contributed by atoms with Gasteiger partial charge in [-0.15, -0.1) is 0 Å². The molecular formula is C23H24N2O5S. The maximum atomic E-state index is 12.6. The molecule has 162 valence electrons. The zero-order chi connectivity index (χ0) is 22.3. The van der Waals surface area contributed by atoms with E-state index in [0.717, 1.165) is 10.1 Å². The fourth-order valence-electron chi connectivity index (χ4n) is 2.81. The van der Waals surface area contributed by atoms with Crippen LogP contribution >= 0.6 is 0 Å². The predicted octanol–water partition coefficient (Wildman–Crippen LogP) is 4.14. The summed E-state index contributed by atoms with van der Waals surface area (Å²) in [6, 6.07) is 22.0. The van der Waals surface area contributed by atoms with E-state index in [1.54, 1.807) is 66.7 Å². The minimum atomic E-state index is -3.76. The van der Waals surface area contributed by atoms with Gasteiger partial charge in [-0.1, -0.05) is 30.3 Å². The van der Waals surface area contributed by atoms with Crippen molar-refractivity contribution in [1.82, 2.24) is 4.31 Å². The lowest BCUT2D eigenvalue weighted by atomic mass is 10.2. The van der Waals surface area contributed by atoms with Crippen molar-refractivity contribution in [2.75, 3.05) is 25.5 Å². The van der Waals surface area contributed by atoms with Crippen molar-refractivity contribution in [3.63, 3.8) is 0 Å². The Kier molecular flexibility index (Phi) is 7.28. The molecule has 0 aliphatic heterocycles. The first-order valence-corrected chi connectivity index (χ1v) is 11.1. The second-order valence-electron chi connectivity index (χ2n) is 6.62. The number of sulfonamides is 1. The van der Waals surface area contributed by atoms with E-state index in [4.69, 9.17) is 9.47 Å². The molecule has 0 aliphatic carbocycles. The van der Waals surface area contributed by atoms with E-state index < -0.39 is 15.9 Å². The van der Waals surface area contributed by atoms with E-state index in [1.165, 1.54) is 19.2 Å². The summed E-state index contributed by atoms with van der Waals surface area (Å²) in [6.45, 7) is 2.14. The number of anilines is 1. The van der Waals surface area contributed by atoms with Crippen molar-refractivity contribution < 1.29 is 22.7 Å². The molecule has 0 aliphatic rings. The zero-order valence-corrected chi connectivity index (χ0v) is 18.1. The fraction of sp³-hybridized carbons (Fsp3) is 0.174. The lowest BCUT2D eigenvalue weighted by molar-refractivity contribution is -0.116. The van der Waals surface area contributed by atoms with E-state index in [1.807, 2.05) is 6.92 Å². The molecule has 31 heavy (non-hydrogen) atoms. The van der Waals surface area contributed by atoms with Crippen LogP contribution in [0.2, 0.25) is 0 Å². The van der Waals surface area contributed by atoms with Gasteiger partial charge in [0.1, 0.15) is 11.5 Å². The van der Waals surface area contributed by atoms with Crippen LogP contribution in [0.1, 0.15) is 6.92 Å². The van der Waals surface area contributed by atoms with Crippen molar-refractivity contribution in [1.29, 1.82) is 0 Å². The molecule has 0 saturated carbocycles. The SMILES string of the molecule is CCOc1ccc(Oc2ccccc2NC(=O)CN(C)S(=O)(=O)c2ccccc2)cc1. The van der Waals surface area contributed by atoms with E-state index >= 15 is 0 Å². The Hall–Kier alpha value is -3.36. The van der Waals surface area contributed by atoms with E-state index in [9.17, 15) is 13.2 Å². The Morgan fingerprint density at radius 1 is 0.903 bits per heavy atom. The number of rotatable bonds is 9. The predicted molar refractivity (Wildman–Crippen MR) is 119 cm³/mol. The van der Waals surface area contributed by atoms with Gasteiger partial charge in [-0.05, 0) is 55.5 Å². The van der Waals surface area contributed by atoms with Gasteiger partial charge in [0.05, 0.1) is 23.7 Å². The average Bonchev–Trinajstić information content (AvgIpc) is 2.77. The molecule has 0 fully saturated rings. The molecule has 1 N–H and O–H groups in total. The van der Waals surface area contributed by atoms with Crippen molar-refractivity contribution in [3.8, 4) is 17.2 Å². The van der Waals surface area contributed by atoms with Gasteiger partial charge >= 0.3 is 0 Å². The fourth-order valence-corrected chi connectivity index (χ4v) is 3.95. The quantitative estimate of drug-likeness (QED) is 0.541. The Morgan fingerprint density at radius 2 is 1.52 bits per heavy atom. The number of likely N-dealkylation sites (N-methyl/N-ethyl adjacent to an activating group) is 1. The first kappa shape index (κ1) is 22.3. The maximum absolute atomic E-state index is 12.6. The molecule has 0 atom stereocenters. The zero-order valence-electron chi connectivity index (χ0n) is 17.3. The highest BCUT2D eigenvalue weighted by Gasteiger charge is 2.23. The van der Waals surface area contributed by atoms with Crippen LogP contribution in [0.5, 0.6) is 17.2 Å². The summed E-state index contributed by atoms with van der Waals surface area (Å²) in [5.74, 6) is 1.27. The number of carbonyl (C=O) groups is 1. The monoisotopic (exact) mass is 440 g/mol. The molecule has 3 aromatic carbocycles. The van der Waals surface area contributed by atoms with Gasteiger partial charge in [0.2, 0.25) is 15.9 Å². The number of amides is 1. The second-order valence-corrected chi connectivity index (χ2v) is 8.67. The molecule has 0 aromatic heterocycles. The van der Waals surface area contributed by atoms with Crippen molar-refractivity contribution >= 4 is 21.6 Å². The molecule has 0 heterocycles. The summed E-state index contributed by atoms with van der Waals surface area (Å²) in [6.07, 6.45) is 0. The first-order valence-electron chi connectivity index (χ1n) is 9.71. The van der Waals surface area contributed by atoms with Crippen LogP contribution in [0, 0.1) is 0 Å². The standard InChI is InChI=1S/C23H24N2O5S/c1-3-29-18-13-15-19(16-14-18)30-22-12-8-7-11-21(22)24-23(26)17-25(2)31(27,28)20-9-5-4-6-10-20/h4-16H,3,17H2,1-2H3,(H,24,26). The average molecular weight is 441 g/mol. The normalized spacial score (nSPS) is 11.2. The van der Waals surface area contributed by atoms with Crippen LogP contribution in [0.3, 0.4) is 0 Å². The van der Waals surface area contributed by atoms with Crippen molar-refractivity contribution in [2.24, 2.45) is 0 Å². The Balaban J connectivity index is 1.68. The number of nitrogens with one attached hydrogen (secondary N) is 1. The lowest BCUT2D eigenvalue weighted by Crippen LogP contribution is -2.35. The Morgan fingerprint density at radius 3 is 2.19 bits per heavy atom. The van der Waals surface area contributed by atoms with E-state index in [2.05, 4.69) is 5.32 Å².